The van der Waals surface area contributed by atoms with Gasteiger partial charge < -0.3 is 9.40 Å². The van der Waals surface area contributed by atoms with E-state index in [4.69, 9.17) is 4.42 Å². The summed E-state index contributed by atoms with van der Waals surface area (Å²) in [5.74, 6) is 1.45. The molecule has 0 saturated heterocycles. The number of hydrogen-bond acceptors (Lipinski definition) is 3. The number of nitrogens with zero attached hydrogens (tertiary/aromatic N) is 2. The van der Waals surface area contributed by atoms with Crippen LogP contribution in [0, 0.1) is 6.92 Å². The minimum absolute atomic E-state index is 0.727. The lowest BCUT2D eigenvalue weighted by atomic mass is 10.1. The van der Waals surface area contributed by atoms with Gasteiger partial charge in [0.2, 0.25) is 0 Å². The summed E-state index contributed by atoms with van der Waals surface area (Å²) in [7, 11) is 0. The van der Waals surface area contributed by atoms with Gasteiger partial charge in [-0.1, -0.05) is 29.8 Å². The van der Waals surface area contributed by atoms with E-state index in [1.54, 1.807) is 6.26 Å². The number of imidazole rings is 1. The zero-order chi connectivity index (χ0) is 15.6. The molecule has 2 heterocycles. The Hall–Kier alpha value is -3.14. The van der Waals surface area contributed by atoms with Crippen LogP contribution in [0.3, 0.4) is 0 Å². The van der Waals surface area contributed by atoms with Gasteiger partial charge in [0.25, 0.3) is 0 Å². The predicted octanol–water partition coefficient (Wildman–Crippen LogP) is 4.88. The third kappa shape index (κ3) is 2.79. The third-order valence-corrected chi connectivity index (χ3v) is 3.62. The van der Waals surface area contributed by atoms with Gasteiger partial charge in [-0.2, -0.15) is 0 Å². The minimum atomic E-state index is 0.727. The Bertz CT molecular complexity index is 981. The van der Waals surface area contributed by atoms with Crippen LogP contribution in [0.5, 0.6) is 0 Å². The maximum absolute atomic E-state index is 5.37. The quantitative estimate of drug-likeness (QED) is 0.548. The molecule has 0 bridgehead atoms. The van der Waals surface area contributed by atoms with Crippen molar-refractivity contribution in [2.24, 2.45) is 4.99 Å². The van der Waals surface area contributed by atoms with Crippen LogP contribution in [0.2, 0.25) is 0 Å². The fourth-order valence-electron chi connectivity index (χ4n) is 2.51. The Morgan fingerprint density at radius 3 is 2.87 bits per heavy atom. The van der Waals surface area contributed by atoms with Gasteiger partial charge in [0.1, 0.15) is 0 Å². The van der Waals surface area contributed by atoms with E-state index >= 15 is 0 Å². The van der Waals surface area contributed by atoms with Gasteiger partial charge in [-0.25, -0.2) is 4.98 Å². The highest BCUT2D eigenvalue weighted by Gasteiger charge is 2.07. The second kappa shape index (κ2) is 5.57. The van der Waals surface area contributed by atoms with Crippen molar-refractivity contribution in [1.29, 1.82) is 0 Å². The van der Waals surface area contributed by atoms with Crippen LogP contribution in [-0.4, -0.2) is 16.2 Å². The number of fused-ring (bicyclic) bond motifs is 1. The summed E-state index contributed by atoms with van der Waals surface area (Å²) in [6.45, 7) is 2.07. The monoisotopic (exact) mass is 301 g/mol. The smallest absolute Gasteiger partial charge is 0.174 e. The summed E-state index contributed by atoms with van der Waals surface area (Å²) in [5.41, 5.74) is 5.03. The summed E-state index contributed by atoms with van der Waals surface area (Å²) < 4.78 is 5.37. The number of aliphatic imine (C=N–C) groups is 1. The summed E-state index contributed by atoms with van der Waals surface area (Å²) in [5, 5.41) is 0. The van der Waals surface area contributed by atoms with Gasteiger partial charge in [-0.05, 0) is 42.8 Å². The highest BCUT2D eigenvalue weighted by Crippen LogP contribution is 2.24. The first-order valence-corrected chi connectivity index (χ1v) is 7.42. The van der Waals surface area contributed by atoms with Gasteiger partial charge in [0, 0.05) is 6.21 Å². The van der Waals surface area contributed by atoms with Gasteiger partial charge in [0.15, 0.2) is 11.6 Å². The molecule has 2 aromatic heterocycles. The van der Waals surface area contributed by atoms with Crippen LogP contribution in [0.15, 0.2) is 70.3 Å². The lowest BCUT2D eigenvalue weighted by Crippen LogP contribution is -1.81. The van der Waals surface area contributed by atoms with Crippen molar-refractivity contribution in [3.63, 3.8) is 0 Å². The molecule has 2 aromatic carbocycles. The normalized spacial score (nSPS) is 11.5. The number of aromatic nitrogens is 2. The molecule has 0 unspecified atom stereocenters. The van der Waals surface area contributed by atoms with Crippen LogP contribution in [0.1, 0.15) is 11.1 Å². The molecule has 0 aliphatic carbocycles. The van der Waals surface area contributed by atoms with Gasteiger partial charge in [-0.3, -0.25) is 4.99 Å². The fourth-order valence-corrected chi connectivity index (χ4v) is 2.51. The zero-order valence-corrected chi connectivity index (χ0v) is 12.7. The average Bonchev–Trinajstić information content (AvgIpc) is 3.21. The minimum Gasteiger partial charge on any atom is -0.461 e. The lowest BCUT2D eigenvalue weighted by molar-refractivity contribution is 0.578. The van der Waals surface area contributed by atoms with E-state index in [9.17, 15) is 0 Å². The Kier molecular flexibility index (Phi) is 3.27. The van der Waals surface area contributed by atoms with Crippen LogP contribution in [-0.2, 0) is 0 Å². The van der Waals surface area contributed by atoms with E-state index in [-0.39, 0.29) is 0 Å². The maximum atomic E-state index is 5.37. The molecule has 0 atom stereocenters. The van der Waals surface area contributed by atoms with Crippen molar-refractivity contribution in [2.45, 2.75) is 6.92 Å². The predicted molar refractivity (Wildman–Crippen MR) is 92.2 cm³/mol. The molecule has 112 valence electrons. The van der Waals surface area contributed by atoms with E-state index in [0.29, 0.717) is 0 Å². The van der Waals surface area contributed by atoms with Crippen LogP contribution in [0.4, 0.5) is 5.69 Å². The standard InChI is InChI=1S/C19H15N3O/c1-13-4-2-5-14(10-13)12-20-15-7-8-16-17(11-15)22-19(21-16)18-6-3-9-23-18/h2-12H,1H3,(H,21,22). The van der Waals surface area contributed by atoms with Crippen molar-refractivity contribution in [3.05, 3.63) is 72.0 Å². The molecular formula is C19H15N3O. The molecule has 4 heteroatoms. The third-order valence-electron chi connectivity index (χ3n) is 3.62. The summed E-state index contributed by atoms with van der Waals surface area (Å²) in [6.07, 6.45) is 3.51. The number of benzene rings is 2. The second-order valence-electron chi connectivity index (χ2n) is 5.44. The first-order chi connectivity index (χ1) is 11.3. The number of aromatic amines is 1. The van der Waals surface area contributed by atoms with Gasteiger partial charge in [0.05, 0.1) is 23.0 Å². The summed E-state index contributed by atoms with van der Waals surface area (Å²) >= 11 is 0. The van der Waals surface area contributed by atoms with Crippen LogP contribution < -0.4 is 0 Å². The number of hydrogen-bond donors (Lipinski definition) is 1. The van der Waals surface area contributed by atoms with Crippen molar-refractivity contribution in [2.75, 3.05) is 0 Å². The number of rotatable bonds is 3. The molecule has 0 aliphatic heterocycles. The second-order valence-corrected chi connectivity index (χ2v) is 5.44. The van der Waals surface area contributed by atoms with E-state index < -0.39 is 0 Å². The number of furan rings is 1. The maximum Gasteiger partial charge on any atom is 0.174 e. The summed E-state index contributed by atoms with van der Waals surface area (Å²) in [6, 6.07) is 17.9. The SMILES string of the molecule is Cc1cccc(C=Nc2ccc3nc(-c4ccco4)[nH]c3c2)c1. The Morgan fingerprint density at radius 1 is 1.09 bits per heavy atom. The molecule has 23 heavy (non-hydrogen) atoms. The Morgan fingerprint density at radius 2 is 2.04 bits per heavy atom. The molecule has 0 aliphatic rings. The molecule has 0 amide bonds. The molecule has 0 spiro atoms. The summed E-state index contributed by atoms with van der Waals surface area (Å²) in [4.78, 5) is 12.3. The first kappa shape index (κ1) is 13.5. The molecular weight excluding hydrogens is 286 g/mol. The molecule has 4 aromatic rings. The van der Waals surface area contributed by atoms with Crippen molar-refractivity contribution < 1.29 is 4.42 Å². The zero-order valence-electron chi connectivity index (χ0n) is 12.7. The molecule has 0 fully saturated rings. The topological polar surface area (TPSA) is 54.2 Å². The van der Waals surface area contributed by atoms with E-state index in [2.05, 4.69) is 34.0 Å². The number of H-pyrrole nitrogens is 1. The largest absolute Gasteiger partial charge is 0.461 e. The average molecular weight is 301 g/mol. The molecule has 4 nitrogen and oxygen atoms in total. The van der Waals surface area contributed by atoms with Gasteiger partial charge in [-0.15, -0.1) is 0 Å². The highest BCUT2D eigenvalue weighted by atomic mass is 16.3. The molecule has 0 radical (unpaired) electrons. The molecule has 4 rings (SSSR count). The van der Waals surface area contributed by atoms with E-state index in [0.717, 1.165) is 33.9 Å². The Labute approximate surface area is 133 Å². The molecule has 0 saturated carbocycles. The Balaban J connectivity index is 1.66. The van der Waals surface area contributed by atoms with E-state index in [1.807, 2.05) is 48.7 Å². The number of nitrogens with one attached hydrogen (secondary N) is 1. The van der Waals surface area contributed by atoms with Crippen molar-refractivity contribution >= 4 is 22.9 Å². The van der Waals surface area contributed by atoms with E-state index in [1.165, 1.54) is 5.56 Å². The van der Waals surface area contributed by atoms with Crippen LogP contribution >= 0.6 is 0 Å². The van der Waals surface area contributed by atoms with Crippen molar-refractivity contribution in [3.8, 4) is 11.6 Å². The first-order valence-electron chi connectivity index (χ1n) is 7.42. The van der Waals surface area contributed by atoms with Crippen LogP contribution in [0.25, 0.3) is 22.6 Å². The molecule has 1 N–H and O–H groups in total. The van der Waals surface area contributed by atoms with Crippen molar-refractivity contribution in [1.82, 2.24) is 9.97 Å². The fraction of sp³-hybridized carbons (Fsp3) is 0.0526. The van der Waals surface area contributed by atoms with Gasteiger partial charge >= 0.3 is 0 Å². The lowest BCUT2D eigenvalue weighted by Gasteiger charge is -1.96. The highest BCUT2D eigenvalue weighted by molar-refractivity contribution is 5.85. The number of aryl methyl sites for hydroxylation is 1.